The van der Waals surface area contributed by atoms with Crippen LogP contribution < -0.4 is 0 Å². The van der Waals surface area contributed by atoms with Crippen molar-refractivity contribution in [3.8, 4) is 0 Å². The smallest absolute Gasteiger partial charge is 0.373 e. The van der Waals surface area contributed by atoms with Gasteiger partial charge in [-0.2, -0.15) is 0 Å². The van der Waals surface area contributed by atoms with Gasteiger partial charge in [0.25, 0.3) is 0 Å². The van der Waals surface area contributed by atoms with Crippen LogP contribution in [0.1, 0.15) is 67.6 Å². The molecule has 1 aromatic heterocycles. The number of aromatic nitrogens is 1. The number of aryl methyl sites for hydroxylation is 1. The Morgan fingerprint density at radius 3 is 2.72 bits per heavy atom. The average Bonchev–Trinajstić information content (AvgIpc) is 2.74. The molecular formula is C14H21NO3. The van der Waals surface area contributed by atoms with Crippen LogP contribution in [0.5, 0.6) is 0 Å². The standard InChI is InChI=1S/C14H21NO3/c1-2-6-11-13(14(16)17)18-12(15-11)9-10-7-4-3-5-8-10/h10H,2-9H2,1H3,(H,16,17). The first-order valence-corrected chi connectivity index (χ1v) is 6.92. The molecular weight excluding hydrogens is 230 g/mol. The minimum atomic E-state index is -0.999. The molecule has 1 N–H and O–H groups in total. The number of aromatic carboxylic acids is 1. The van der Waals surface area contributed by atoms with E-state index in [0.29, 0.717) is 23.9 Å². The summed E-state index contributed by atoms with van der Waals surface area (Å²) in [6.45, 7) is 2.01. The number of carbonyl (C=O) groups is 1. The Morgan fingerprint density at radius 1 is 1.39 bits per heavy atom. The zero-order chi connectivity index (χ0) is 13.0. The van der Waals surface area contributed by atoms with Crippen LogP contribution in [0.2, 0.25) is 0 Å². The molecule has 0 bridgehead atoms. The summed E-state index contributed by atoms with van der Waals surface area (Å²) >= 11 is 0. The summed E-state index contributed by atoms with van der Waals surface area (Å²) in [5.74, 6) is 0.278. The Kier molecular flexibility index (Phi) is 4.39. The van der Waals surface area contributed by atoms with E-state index in [-0.39, 0.29) is 5.76 Å². The van der Waals surface area contributed by atoms with E-state index in [4.69, 9.17) is 9.52 Å². The minimum absolute atomic E-state index is 0.0441. The van der Waals surface area contributed by atoms with Gasteiger partial charge < -0.3 is 9.52 Å². The monoisotopic (exact) mass is 251 g/mol. The number of oxazole rings is 1. The molecule has 1 aliphatic carbocycles. The van der Waals surface area contributed by atoms with E-state index in [1.54, 1.807) is 0 Å². The second kappa shape index (κ2) is 6.03. The second-order valence-electron chi connectivity index (χ2n) is 5.15. The quantitative estimate of drug-likeness (QED) is 0.870. The van der Waals surface area contributed by atoms with Gasteiger partial charge in [0, 0.05) is 6.42 Å². The molecule has 100 valence electrons. The van der Waals surface area contributed by atoms with Crippen LogP contribution in [0.3, 0.4) is 0 Å². The minimum Gasteiger partial charge on any atom is -0.475 e. The Hall–Kier alpha value is -1.32. The molecule has 18 heavy (non-hydrogen) atoms. The number of hydrogen-bond donors (Lipinski definition) is 1. The van der Waals surface area contributed by atoms with E-state index in [0.717, 1.165) is 12.8 Å². The van der Waals surface area contributed by atoms with Crippen LogP contribution in [0.25, 0.3) is 0 Å². The molecule has 0 unspecified atom stereocenters. The van der Waals surface area contributed by atoms with E-state index in [2.05, 4.69) is 4.98 Å². The number of hydrogen-bond acceptors (Lipinski definition) is 3. The third-order valence-corrected chi connectivity index (χ3v) is 3.61. The Bertz CT molecular complexity index is 405. The van der Waals surface area contributed by atoms with Crippen molar-refractivity contribution in [2.75, 3.05) is 0 Å². The molecule has 4 heteroatoms. The van der Waals surface area contributed by atoms with Gasteiger partial charge in [0.05, 0.1) is 5.69 Å². The van der Waals surface area contributed by atoms with Gasteiger partial charge in [-0.3, -0.25) is 0 Å². The molecule has 1 aromatic rings. The summed E-state index contributed by atoms with van der Waals surface area (Å²) < 4.78 is 5.42. The maximum Gasteiger partial charge on any atom is 0.373 e. The highest BCUT2D eigenvalue weighted by atomic mass is 16.4. The van der Waals surface area contributed by atoms with Crippen LogP contribution in [-0.4, -0.2) is 16.1 Å². The Morgan fingerprint density at radius 2 is 2.11 bits per heavy atom. The lowest BCUT2D eigenvalue weighted by Crippen LogP contribution is -2.09. The maximum atomic E-state index is 11.1. The molecule has 1 fully saturated rings. The molecule has 0 atom stereocenters. The number of carboxylic acids is 1. The predicted octanol–water partition coefficient (Wildman–Crippen LogP) is 3.45. The first kappa shape index (κ1) is 13.1. The van der Waals surface area contributed by atoms with Gasteiger partial charge in [-0.25, -0.2) is 9.78 Å². The molecule has 1 saturated carbocycles. The molecule has 0 aliphatic heterocycles. The summed E-state index contributed by atoms with van der Waals surface area (Å²) in [5, 5.41) is 9.08. The topological polar surface area (TPSA) is 63.3 Å². The SMILES string of the molecule is CCCc1nc(CC2CCCCC2)oc1C(=O)O. The zero-order valence-electron chi connectivity index (χ0n) is 10.9. The first-order chi connectivity index (χ1) is 8.70. The van der Waals surface area contributed by atoms with Crippen LogP contribution in [0.4, 0.5) is 0 Å². The lowest BCUT2D eigenvalue weighted by atomic mass is 9.87. The summed E-state index contributed by atoms with van der Waals surface area (Å²) in [6.07, 6.45) is 8.67. The molecule has 0 spiro atoms. The third kappa shape index (κ3) is 3.12. The maximum absolute atomic E-state index is 11.1. The van der Waals surface area contributed by atoms with Crippen molar-refractivity contribution in [2.24, 2.45) is 5.92 Å². The van der Waals surface area contributed by atoms with Gasteiger partial charge >= 0.3 is 5.97 Å². The van der Waals surface area contributed by atoms with Gasteiger partial charge in [0.15, 0.2) is 5.89 Å². The van der Waals surface area contributed by atoms with Crippen molar-refractivity contribution in [3.05, 3.63) is 17.3 Å². The predicted molar refractivity (Wildman–Crippen MR) is 67.7 cm³/mol. The normalized spacial score (nSPS) is 16.9. The molecule has 0 aromatic carbocycles. The molecule has 0 radical (unpaired) electrons. The lowest BCUT2D eigenvalue weighted by Gasteiger charge is -2.19. The van der Waals surface area contributed by atoms with E-state index in [9.17, 15) is 4.79 Å². The number of carboxylic acid groups (broad SMARTS) is 1. The summed E-state index contributed by atoms with van der Waals surface area (Å²) in [4.78, 5) is 15.4. The van der Waals surface area contributed by atoms with Crippen molar-refractivity contribution in [2.45, 2.75) is 58.3 Å². The van der Waals surface area contributed by atoms with Crippen LogP contribution in [-0.2, 0) is 12.8 Å². The zero-order valence-corrected chi connectivity index (χ0v) is 10.9. The van der Waals surface area contributed by atoms with E-state index >= 15 is 0 Å². The Balaban J connectivity index is 2.07. The largest absolute Gasteiger partial charge is 0.475 e. The summed E-state index contributed by atoms with van der Waals surface area (Å²) in [7, 11) is 0. The van der Waals surface area contributed by atoms with E-state index < -0.39 is 5.97 Å². The summed E-state index contributed by atoms with van der Waals surface area (Å²) in [5.41, 5.74) is 0.607. The molecule has 0 saturated heterocycles. The fourth-order valence-electron chi connectivity index (χ4n) is 2.70. The van der Waals surface area contributed by atoms with Crippen molar-refractivity contribution >= 4 is 5.97 Å². The van der Waals surface area contributed by atoms with Crippen LogP contribution >= 0.6 is 0 Å². The highest BCUT2D eigenvalue weighted by Crippen LogP contribution is 2.27. The third-order valence-electron chi connectivity index (χ3n) is 3.61. The van der Waals surface area contributed by atoms with Gasteiger partial charge in [0.1, 0.15) is 0 Å². The lowest BCUT2D eigenvalue weighted by molar-refractivity contribution is 0.0658. The molecule has 0 amide bonds. The van der Waals surface area contributed by atoms with Crippen LogP contribution in [0.15, 0.2) is 4.42 Å². The van der Waals surface area contributed by atoms with E-state index in [1.165, 1.54) is 32.1 Å². The highest BCUT2D eigenvalue weighted by Gasteiger charge is 2.22. The van der Waals surface area contributed by atoms with Gasteiger partial charge in [-0.05, 0) is 25.2 Å². The molecule has 4 nitrogen and oxygen atoms in total. The van der Waals surface area contributed by atoms with Gasteiger partial charge in [-0.1, -0.05) is 32.6 Å². The molecule has 1 heterocycles. The summed E-state index contributed by atoms with van der Waals surface area (Å²) in [6, 6.07) is 0. The molecule has 1 aliphatic rings. The van der Waals surface area contributed by atoms with Crippen molar-refractivity contribution in [3.63, 3.8) is 0 Å². The van der Waals surface area contributed by atoms with Crippen LogP contribution in [0, 0.1) is 5.92 Å². The molecule has 2 rings (SSSR count). The van der Waals surface area contributed by atoms with Crippen molar-refractivity contribution < 1.29 is 14.3 Å². The Labute approximate surface area is 107 Å². The number of nitrogens with zero attached hydrogens (tertiary/aromatic N) is 1. The van der Waals surface area contributed by atoms with Gasteiger partial charge in [0.2, 0.25) is 5.76 Å². The number of rotatable bonds is 5. The fourth-order valence-corrected chi connectivity index (χ4v) is 2.70. The first-order valence-electron chi connectivity index (χ1n) is 6.92. The fraction of sp³-hybridized carbons (Fsp3) is 0.714. The van der Waals surface area contributed by atoms with E-state index in [1.807, 2.05) is 6.92 Å². The van der Waals surface area contributed by atoms with Crippen molar-refractivity contribution in [1.29, 1.82) is 0 Å². The average molecular weight is 251 g/mol. The highest BCUT2D eigenvalue weighted by molar-refractivity contribution is 5.85. The second-order valence-corrected chi connectivity index (χ2v) is 5.15. The van der Waals surface area contributed by atoms with Gasteiger partial charge in [-0.15, -0.1) is 0 Å². The van der Waals surface area contributed by atoms with Crippen molar-refractivity contribution in [1.82, 2.24) is 4.98 Å².